The number of hydrogen-bond acceptors (Lipinski definition) is 22. The molecule has 0 aromatic heterocycles. The van der Waals surface area contributed by atoms with Gasteiger partial charge >= 0.3 is 0 Å². The highest BCUT2D eigenvalue weighted by molar-refractivity contribution is 5.82. The Bertz CT molecular complexity index is 3080. The molecule has 0 heterocycles. The third kappa shape index (κ3) is 53.3. The smallest absolute Gasteiger partial charge is 0.222 e. The van der Waals surface area contributed by atoms with Gasteiger partial charge in [-0.25, -0.2) is 0 Å². The molecule has 16 N–H and O–H groups in total. The van der Waals surface area contributed by atoms with Crippen molar-refractivity contribution in [2.75, 3.05) is 42.7 Å². The fourth-order valence-corrected chi connectivity index (χ4v) is 15.6. The third-order valence-corrected chi connectivity index (χ3v) is 26.0. The first-order valence-electron chi connectivity index (χ1n) is 50.6. The topological polar surface area (TPSA) is 460 Å². The Labute approximate surface area is 807 Å². The quantitative estimate of drug-likeness (QED) is 0.0331. The van der Waals surface area contributed by atoms with Crippen LogP contribution in [-0.2, 0) is 76.4 Å². The number of aliphatic hydroxyl groups is 5. The average molecular weight is 1910 g/mol. The summed E-state index contributed by atoms with van der Waals surface area (Å²) in [6.45, 7) is 49.6. The number of carbonyl (C=O) groups excluding carboxylic acids is 10. The van der Waals surface area contributed by atoms with Gasteiger partial charge in [-0.2, -0.15) is 0 Å². The largest absolute Gasteiger partial charge is 0.393 e. The Hall–Kier alpha value is -6.20. The highest BCUT2D eigenvalue weighted by Gasteiger charge is 2.43. The summed E-state index contributed by atoms with van der Waals surface area (Å²) in [5.74, 6) is 2.13. The van der Waals surface area contributed by atoms with Crippen LogP contribution in [0, 0.1) is 65.1 Å². The van der Waals surface area contributed by atoms with Gasteiger partial charge in [0, 0.05) is 144 Å². The van der Waals surface area contributed by atoms with Gasteiger partial charge in [-0.15, -0.1) is 0 Å². The number of amides is 10. The number of allylic oxidation sites excluding steroid dienone is 1. The van der Waals surface area contributed by atoms with Crippen molar-refractivity contribution in [3.05, 3.63) is 12.3 Å². The summed E-state index contributed by atoms with van der Waals surface area (Å²) in [6.07, 6.45) is 26.6. The zero-order valence-corrected chi connectivity index (χ0v) is 88.5. The maximum atomic E-state index is 11.4. The van der Waals surface area contributed by atoms with Crippen LogP contribution in [0.4, 0.5) is 0 Å². The van der Waals surface area contributed by atoms with E-state index < -0.39 is 11.2 Å². The monoisotopic (exact) mass is 1910 g/mol. The van der Waals surface area contributed by atoms with Crippen molar-refractivity contribution in [2.24, 2.45) is 65.1 Å². The standard InChI is InChI=1S/5C10H19NO2.C10H19NO.2C9H17NO2.3C8H15NO2/c3*1-7(2)10(12)11-8-4-5-9(6-8)13-3;2*1-7(2)9(12)11-8-5-4-6-10(8,3)13;1-7(2)8(3)11-9-4-5-10(12)6-9;2*1-6(2)9(12)10-7-3-4-8(11)5-7;3*1-5(2)8(10)9-6-4-7(6)11-3/h3*7-9H,4-6H2,1-3H3,(H,11,12);2*7-8,13H,4-6H2,1-3H3,(H,11,12);7,9-12H,3-6H2,1-2H3;2*6-8,11H,3-5H2,1-2H3,(H,10,12);3*5-7H,4H2,1-3H3,(H,9,10)/t2*8-,9-;;8-,10-;;;2*7-,8+;2*6-,7-;/m10.1..1010./s1. The van der Waals surface area contributed by atoms with Crippen LogP contribution in [0.3, 0.4) is 0 Å². The molecule has 134 heavy (non-hydrogen) atoms. The lowest BCUT2D eigenvalue weighted by molar-refractivity contribution is -0.127. The van der Waals surface area contributed by atoms with Crippen molar-refractivity contribution in [2.45, 2.75) is 472 Å². The number of methoxy groups -OCH3 is 6. The second-order valence-electron chi connectivity index (χ2n) is 42.5. The summed E-state index contributed by atoms with van der Waals surface area (Å²) in [7, 11) is 10.2. The minimum Gasteiger partial charge on any atom is -0.393 e. The predicted octanol–water partition coefficient (Wildman–Crippen LogP) is 10.7. The van der Waals surface area contributed by atoms with Crippen molar-refractivity contribution < 1.29 is 102 Å². The molecule has 11 aliphatic rings. The van der Waals surface area contributed by atoms with E-state index in [1.165, 1.54) is 0 Å². The molecule has 11 aliphatic carbocycles. The molecule has 782 valence electrons. The molecule has 0 bridgehead atoms. The zero-order valence-electron chi connectivity index (χ0n) is 88.5. The van der Waals surface area contributed by atoms with E-state index in [0.29, 0.717) is 48.4 Å². The molecule has 0 aromatic carbocycles. The van der Waals surface area contributed by atoms with Crippen molar-refractivity contribution in [1.82, 2.24) is 58.5 Å². The molecule has 0 aromatic rings. The number of hydrogen-bond donors (Lipinski definition) is 16. The molecule has 10 amide bonds. The van der Waals surface area contributed by atoms with Crippen LogP contribution in [-0.4, -0.2) is 260 Å². The predicted molar refractivity (Wildman–Crippen MR) is 527 cm³/mol. The Morgan fingerprint density at radius 2 is 0.448 bits per heavy atom. The van der Waals surface area contributed by atoms with Crippen LogP contribution in [0.2, 0.25) is 0 Å². The van der Waals surface area contributed by atoms with Crippen molar-refractivity contribution in [1.29, 1.82) is 0 Å². The summed E-state index contributed by atoms with van der Waals surface area (Å²) >= 11 is 0. The highest BCUT2D eigenvalue weighted by atomic mass is 16.5. The Morgan fingerprint density at radius 3 is 0.604 bits per heavy atom. The molecule has 0 radical (unpaired) electrons. The van der Waals surface area contributed by atoms with E-state index in [0.717, 1.165) is 179 Å². The van der Waals surface area contributed by atoms with Gasteiger partial charge in [-0.3, -0.25) is 47.9 Å². The maximum Gasteiger partial charge on any atom is 0.222 e. The number of carbonyl (C=O) groups is 10. The van der Waals surface area contributed by atoms with Crippen molar-refractivity contribution in [3.63, 3.8) is 0 Å². The Balaban J connectivity index is 0.000000737. The number of nitrogens with one attached hydrogen (secondary N) is 11. The second kappa shape index (κ2) is 64.9. The summed E-state index contributed by atoms with van der Waals surface area (Å²) in [5.41, 5.74) is -0.316. The molecule has 32 nitrogen and oxygen atoms in total. The molecule has 0 spiro atoms. The van der Waals surface area contributed by atoms with Crippen molar-refractivity contribution in [3.8, 4) is 0 Å². The Kier molecular flexibility index (Phi) is 61.0. The van der Waals surface area contributed by atoms with E-state index in [1.54, 1.807) is 56.5 Å². The van der Waals surface area contributed by atoms with Gasteiger partial charge in [-0.05, 0) is 193 Å². The molecule has 11 fully saturated rings. The van der Waals surface area contributed by atoms with Crippen LogP contribution < -0.4 is 58.5 Å². The van der Waals surface area contributed by atoms with Gasteiger partial charge in [0.1, 0.15) is 0 Å². The van der Waals surface area contributed by atoms with E-state index in [2.05, 4.69) is 78.9 Å². The van der Waals surface area contributed by atoms with Gasteiger partial charge < -0.3 is 112 Å². The minimum absolute atomic E-state index is 0.00333. The van der Waals surface area contributed by atoms with E-state index in [-0.39, 0.29) is 197 Å². The van der Waals surface area contributed by atoms with Crippen LogP contribution in [0.25, 0.3) is 0 Å². The maximum absolute atomic E-state index is 11.4. The molecular formula is C102H193N11O21. The lowest BCUT2D eigenvalue weighted by Gasteiger charge is -2.27. The van der Waals surface area contributed by atoms with Crippen molar-refractivity contribution >= 4 is 59.1 Å². The number of rotatable bonds is 29. The minimum atomic E-state index is -0.704. The van der Waals surface area contributed by atoms with Crippen LogP contribution >= 0.6 is 0 Å². The average Bonchev–Trinajstić information content (AvgIpc) is 1.72. The first-order chi connectivity index (χ1) is 62.5. The van der Waals surface area contributed by atoms with Crippen LogP contribution in [0.1, 0.15) is 340 Å². The van der Waals surface area contributed by atoms with E-state index >= 15 is 0 Å². The van der Waals surface area contributed by atoms with Gasteiger partial charge in [0.05, 0.1) is 96.3 Å². The molecule has 22 atom stereocenters. The molecule has 11 rings (SSSR count). The van der Waals surface area contributed by atoms with Crippen LogP contribution in [0.5, 0.6) is 0 Å². The fourth-order valence-electron chi connectivity index (χ4n) is 15.6. The summed E-state index contributed by atoms with van der Waals surface area (Å²) in [4.78, 5) is 112. The van der Waals surface area contributed by atoms with Gasteiger partial charge in [0.2, 0.25) is 59.1 Å². The fraction of sp³-hybridized carbons (Fsp3) is 0.882. The summed E-state index contributed by atoms with van der Waals surface area (Å²) in [5, 5.41) is 80.1. The van der Waals surface area contributed by atoms with Gasteiger partial charge in [-0.1, -0.05) is 159 Å². The van der Waals surface area contributed by atoms with E-state index in [9.17, 15) is 73.5 Å². The third-order valence-electron chi connectivity index (χ3n) is 26.0. The van der Waals surface area contributed by atoms with Gasteiger partial charge in [0.25, 0.3) is 0 Å². The molecule has 8 unspecified atom stereocenters. The van der Waals surface area contributed by atoms with E-state index in [4.69, 9.17) is 28.4 Å². The highest BCUT2D eigenvalue weighted by Crippen LogP contribution is 2.33. The van der Waals surface area contributed by atoms with Gasteiger partial charge in [0.15, 0.2) is 0 Å². The first kappa shape index (κ1) is 126. The zero-order chi connectivity index (χ0) is 102. The lowest BCUT2D eigenvalue weighted by atomic mass is 10.00. The molecule has 32 heteroatoms. The molecular weight excluding hydrogens is 1720 g/mol. The number of ether oxygens (including phenoxy) is 6. The second-order valence-corrected chi connectivity index (χ2v) is 42.5. The lowest BCUT2D eigenvalue weighted by Crippen LogP contribution is -2.48. The van der Waals surface area contributed by atoms with E-state index in [1.807, 2.05) is 138 Å². The summed E-state index contributed by atoms with van der Waals surface area (Å²) in [6, 6.07) is 2.57. The first-order valence-corrected chi connectivity index (χ1v) is 50.6. The van der Waals surface area contributed by atoms with Crippen LogP contribution in [0.15, 0.2) is 12.3 Å². The molecule has 0 saturated heterocycles. The Morgan fingerprint density at radius 1 is 0.254 bits per heavy atom. The molecule has 0 aliphatic heterocycles. The summed E-state index contributed by atoms with van der Waals surface area (Å²) < 4.78 is 30.8. The molecule has 11 saturated carbocycles. The number of aliphatic hydroxyl groups excluding tert-OH is 3. The SMILES string of the molecule is C=C(NC1CCC(O)C1)C(C)C.CC(C)C(=O)NC1CCCC1(C)O.CC(C)C(=O)N[C@@H]1CCC[C@@]1(C)O.CC(C)C(=O)N[C@@H]1CC[C@H](O)C1.CC(C)C(=O)N[C@H]1CC[C@@H](O)C1.COC1CC1NC(=O)C(C)C.COC1CCC(NC(=O)C(C)C)C1.CO[C@@H]1CC[C@@H](NC(=O)C(C)C)C1.CO[C@@H]1C[C@H]1NC(=O)C(C)C.CO[C@H]1CC[C@H](NC(=O)C(C)C)C1.CO[C@H]1C[C@@H]1NC(=O)C(C)C. The normalized spacial score (nSPS) is 29.7.